The molecular formula is C13H17FO3. The number of ether oxygens (including phenoxy) is 2. The van der Waals surface area contributed by atoms with Gasteiger partial charge in [-0.3, -0.25) is 4.79 Å². The Kier molecular flexibility index (Phi) is 5.10. The molecule has 1 aromatic rings. The van der Waals surface area contributed by atoms with E-state index in [2.05, 4.69) is 0 Å². The van der Waals surface area contributed by atoms with Crippen LogP contribution in [0.2, 0.25) is 0 Å². The lowest BCUT2D eigenvalue weighted by atomic mass is 10.1. The molecule has 0 fully saturated rings. The molecule has 17 heavy (non-hydrogen) atoms. The van der Waals surface area contributed by atoms with Crippen LogP contribution in [0, 0.1) is 5.82 Å². The normalized spacial score (nSPS) is 10.6. The summed E-state index contributed by atoms with van der Waals surface area (Å²) >= 11 is 0. The minimum Gasteiger partial charge on any atom is -0.490 e. The first-order valence-electron chi connectivity index (χ1n) is 5.56. The molecule has 3 nitrogen and oxygen atoms in total. The standard InChI is InChI=1S/C13H17FO3/c1-9(2)16-7-8-17-12-6-4-5-11(14)13(12)10(3)15/h4-6,9H,7-8H2,1-3H3. The van der Waals surface area contributed by atoms with Gasteiger partial charge in [0.05, 0.1) is 18.3 Å². The average Bonchev–Trinajstić information content (AvgIpc) is 2.23. The smallest absolute Gasteiger partial charge is 0.166 e. The highest BCUT2D eigenvalue weighted by Gasteiger charge is 2.13. The molecule has 0 aromatic heterocycles. The van der Waals surface area contributed by atoms with Gasteiger partial charge in [0.1, 0.15) is 18.2 Å². The zero-order chi connectivity index (χ0) is 12.8. The predicted octanol–water partition coefficient (Wildman–Crippen LogP) is 2.83. The number of Topliss-reactive ketones (excluding diaryl/α,β-unsaturated/α-hetero) is 1. The Morgan fingerprint density at radius 1 is 1.35 bits per heavy atom. The Bertz CT molecular complexity index is 388. The molecule has 4 heteroatoms. The molecule has 0 atom stereocenters. The van der Waals surface area contributed by atoms with E-state index >= 15 is 0 Å². The second-order valence-electron chi connectivity index (χ2n) is 3.94. The van der Waals surface area contributed by atoms with Crippen LogP contribution in [0.1, 0.15) is 31.1 Å². The zero-order valence-electron chi connectivity index (χ0n) is 10.3. The second-order valence-corrected chi connectivity index (χ2v) is 3.94. The van der Waals surface area contributed by atoms with Crippen molar-refractivity contribution >= 4 is 5.78 Å². The summed E-state index contributed by atoms with van der Waals surface area (Å²) in [5.41, 5.74) is -0.00273. The Hall–Kier alpha value is -1.42. The minimum absolute atomic E-state index is 0.00273. The van der Waals surface area contributed by atoms with E-state index in [-0.39, 0.29) is 23.2 Å². The third-order valence-corrected chi connectivity index (χ3v) is 2.12. The van der Waals surface area contributed by atoms with Crippen molar-refractivity contribution < 1.29 is 18.7 Å². The molecule has 0 unspecified atom stereocenters. The maximum Gasteiger partial charge on any atom is 0.166 e. The van der Waals surface area contributed by atoms with Crippen molar-refractivity contribution in [3.63, 3.8) is 0 Å². The molecule has 94 valence electrons. The Balaban J connectivity index is 2.64. The van der Waals surface area contributed by atoms with Gasteiger partial charge in [-0.25, -0.2) is 4.39 Å². The van der Waals surface area contributed by atoms with Crippen molar-refractivity contribution in [2.45, 2.75) is 26.9 Å². The van der Waals surface area contributed by atoms with Crippen LogP contribution >= 0.6 is 0 Å². The van der Waals surface area contributed by atoms with Gasteiger partial charge in [0.15, 0.2) is 5.78 Å². The van der Waals surface area contributed by atoms with Crippen LogP contribution in [-0.4, -0.2) is 25.1 Å². The largest absolute Gasteiger partial charge is 0.490 e. The van der Waals surface area contributed by atoms with Crippen molar-refractivity contribution in [1.82, 2.24) is 0 Å². The van der Waals surface area contributed by atoms with E-state index < -0.39 is 5.82 Å². The summed E-state index contributed by atoms with van der Waals surface area (Å²) in [6.45, 7) is 5.86. The number of benzene rings is 1. The summed E-state index contributed by atoms with van der Waals surface area (Å²) < 4.78 is 24.0. The molecule has 0 radical (unpaired) electrons. The summed E-state index contributed by atoms with van der Waals surface area (Å²) in [7, 11) is 0. The monoisotopic (exact) mass is 240 g/mol. The highest BCUT2D eigenvalue weighted by atomic mass is 19.1. The first-order chi connectivity index (χ1) is 8.02. The van der Waals surface area contributed by atoms with E-state index in [1.165, 1.54) is 19.1 Å². The van der Waals surface area contributed by atoms with E-state index in [0.29, 0.717) is 13.2 Å². The maximum absolute atomic E-state index is 13.4. The summed E-state index contributed by atoms with van der Waals surface area (Å²) in [5, 5.41) is 0. The summed E-state index contributed by atoms with van der Waals surface area (Å²) in [6, 6.07) is 4.34. The van der Waals surface area contributed by atoms with Crippen LogP contribution in [0.15, 0.2) is 18.2 Å². The van der Waals surface area contributed by atoms with Crippen LogP contribution in [0.5, 0.6) is 5.75 Å². The van der Waals surface area contributed by atoms with Crippen molar-refractivity contribution in [3.05, 3.63) is 29.6 Å². The number of ketones is 1. The molecule has 0 aliphatic heterocycles. The summed E-state index contributed by atoms with van der Waals surface area (Å²) in [5.74, 6) is -0.632. The topological polar surface area (TPSA) is 35.5 Å². The van der Waals surface area contributed by atoms with Gasteiger partial charge in [0.25, 0.3) is 0 Å². The van der Waals surface area contributed by atoms with Gasteiger partial charge in [-0.2, -0.15) is 0 Å². The van der Waals surface area contributed by atoms with Gasteiger partial charge in [-0.1, -0.05) is 6.07 Å². The minimum atomic E-state index is -0.556. The molecule has 1 rings (SSSR count). The third kappa shape index (κ3) is 4.15. The molecule has 0 saturated heterocycles. The highest BCUT2D eigenvalue weighted by molar-refractivity contribution is 5.97. The molecule has 0 bridgehead atoms. The number of hydrogen-bond acceptors (Lipinski definition) is 3. The average molecular weight is 240 g/mol. The van der Waals surface area contributed by atoms with Crippen molar-refractivity contribution in [2.24, 2.45) is 0 Å². The Morgan fingerprint density at radius 2 is 2.06 bits per heavy atom. The van der Waals surface area contributed by atoms with Gasteiger partial charge in [0.2, 0.25) is 0 Å². The SMILES string of the molecule is CC(=O)c1c(F)cccc1OCCOC(C)C. The van der Waals surface area contributed by atoms with Gasteiger partial charge in [-0.05, 0) is 32.9 Å². The molecular weight excluding hydrogens is 223 g/mol. The van der Waals surface area contributed by atoms with Crippen LogP contribution in [0.4, 0.5) is 4.39 Å². The Morgan fingerprint density at radius 3 is 2.65 bits per heavy atom. The first-order valence-corrected chi connectivity index (χ1v) is 5.56. The molecule has 0 aliphatic rings. The van der Waals surface area contributed by atoms with Gasteiger partial charge >= 0.3 is 0 Å². The fourth-order valence-electron chi connectivity index (χ4n) is 1.40. The van der Waals surface area contributed by atoms with Crippen molar-refractivity contribution in [1.29, 1.82) is 0 Å². The molecule has 0 spiro atoms. The number of hydrogen-bond donors (Lipinski definition) is 0. The van der Waals surface area contributed by atoms with Crippen LogP contribution in [0.3, 0.4) is 0 Å². The van der Waals surface area contributed by atoms with E-state index in [1.54, 1.807) is 6.07 Å². The van der Waals surface area contributed by atoms with Gasteiger partial charge in [-0.15, -0.1) is 0 Å². The van der Waals surface area contributed by atoms with E-state index in [1.807, 2.05) is 13.8 Å². The Labute approximate surface area is 101 Å². The quantitative estimate of drug-likeness (QED) is 0.566. The van der Waals surface area contributed by atoms with Gasteiger partial charge in [0, 0.05) is 0 Å². The summed E-state index contributed by atoms with van der Waals surface area (Å²) in [4.78, 5) is 11.3. The number of halogens is 1. The highest BCUT2D eigenvalue weighted by Crippen LogP contribution is 2.21. The van der Waals surface area contributed by atoms with Crippen LogP contribution in [0.25, 0.3) is 0 Å². The van der Waals surface area contributed by atoms with Crippen LogP contribution in [-0.2, 0) is 4.74 Å². The lowest BCUT2D eigenvalue weighted by molar-refractivity contribution is 0.0548. The fraction of sp³-hybridized carbons (Fsp3) is 0.462. The zero-order valence-corrected chi connectivity index (χ0v) is 10.3. The fourth-order valence-corrected chi connectivity index (χ4v) is 1.40. The van der Waals surface area contributed by atoms with Crippen molar-refractivity contribution in [2.75, 3.05) is 13.2 Å². The molecule has 0 heterocycles. The lowest BCUT2D eigenvalue weighted by Crippen LogP contribution is -2.13. The maximum atomic E-state index is 13.4. The first kappa shape index (κ1) is 13.6. The van der Waals surface area contributed by atoms with Gasteiger partial charge < -0.3 is 9.47 Å². The van der Waals surface area contributed by atoms with E-state index in [9.17, 15) is 9.18 Å². The molecule has 1 aromatic carbocycles. The molecule has 0 amide bonds. The van der Waals surface area contributed by atoms with E-state index in [0.717, 1.165) is 0 Å². The van der Waals surface area contributed by atoms with E-state index in [4.69, 9.17) is 9.47 Å². The second kappa shape index (κ2) is 6.35. The lowest BCUT2D eigenvalue weighted by Gasteiger charge is -2.11. The molecule has 0 aliphatic carbocycles. The number of rotatable bonds is 6. The van der Waals surface area contributed by atoms with Crippen LogP contribution < -0.4 is 4.74 Å². The molecule has 0 saturated carbocycles. The summed E-state index contributed by atoms with van der Waals surface area (Å²) in [6.07, 6.45) is 0.124. The molecule has 0 N–H and O–H groups in total. The third-order valence-electron chi connectivity index (χ3n) is 2.12. The number of carbonyl (C=O) groups excluding carboxylic acids is 1. The number of carbonyl (C=O) groups is 1. The predicted molar refractivity (Wildman–Crippen MR) is 63.0 cm³/mol. The van der Waals surface area contributed by atoms with Crippen molar-refractivity contribution in [3.8, 4) is 5.75 Å².